The van der Waals surface area contributed by atoms with Gasteiger partial charge >= 0.3 is 0 Å². The normalized spacial score (nSPS) is 10.6. The van der Waals surface area contributed by atoms with Crippen molar-refractivity contribution in [3.63, 3.8) is 0 Å². The summed E-state index contributed by atoms with van der Waals surface area (Å²) in [4.78, 5) is 15.1. The largest absolute Gasteiger partial charge is 0.345 e. The Balaban J connectivity index is 2.44. The molecule has 2 nitrogen and oxygen atoms in total. The van der Waals surface area contributed by atoms with Gasteiger partial charge in [-0.15, -0.1) is 0 Å². The van der Waals surface area contributed by atoms with Crippen molar-refractivity contribution in [3.05, 3.63) is 56.0 Å². The molecule has 0 unspecified atom stereocenters. The van der Waals surface area contributed by atoms with Crippen LogP contribution in [0.1, 0.15) is 21.6 Å². The third-order valence-electron chi connectivity index (χ3n) is 2.47. The van der Waals surface area contributed by atoms with Gasteiger partial charge in [-0.25, -0.2) is 4.39 Å². The highest BCUT2D eigenvalue weighted by Gasteiger charge is 2.17. The Morgan fingerprint density at radius 3 is 2.29 bits per heavy atom. The zero-order valence-electron chi connectivity index (χ0n) is 8.85. The zero-order valence-corrected chi connectivity index (χ0v) is 12.0. The minimum absolute atomic E-state index is 0.158. The van der Waals surface area contributed by atoms with E-state index in [2.05, 4.69) is 36.8 Å². The lowest BCUT2D eigenvalue weighted by Gasteiger charge is -2.00. The van der Waals surface area contributed by atoms with Crippen molar-refractivity contribution >= 4 is 37.6 Å². The summed E-state index contributed by atoms with van der Waals surface area (Å²) in [5, 5.41) is 0. The van der Waals surface area contributed by atoms with Gasteiger partial charge in [0.2, 0.25) is 5.78 Å². The van der Waals surface area contributed by atoms with Crippen molar-refractivity contribution in [2.24, 2.45) is 0 Å². The second kappa shape index (κ2) is 4.74. The second-order valence-electron chi connectivity index (χ2n) is 3.59. The summed E-state index contributed by atoms with van der Waals surface area (Å²) in [6.07, 6.45) is 0. The molecule has 0 saturated heterocycles. The Kier molecular flexibility index (Phi) is 3.49. The molecule has 0 aliphatic rings. The van der Waals surface area contributed by atoms with E-state index in [4.69, 9.17) is 0 Å². The van der Waals surface area contributed by atoms with E-state index < -0.39 is 0 Å². The van der Waals surface area contributed by atoms with E-state index in [1.165, 1.54) is 24.3 Å². The van der Waals surface area contributed by atoms with Gasteiger partial charge in [-0.1, -0.05) is 0 Å². The van der Waals surface area contributed by atoms with E-state index >= 15 is 0 Å². The molecule has 0 aliphatic carbocycles. The number of rotatable bonds is 2. The molecule has 1 heterocycles. The monoisotopic (exact) mass is 359 g/mol. The van der Waals surface area contributed by atoms with Gasteiger partial charge in [-0.05, 0) is 68.6 Å². The first kappa shape index (κ1) is 12.5. The summed E-state index contributed by atoms with van der Waals surface area (Å²) >= 11 is 6.67. The maximum Gasteiger partial charge on any atom is 0.209 e. The number of hydrogen-bond donors (Lipinski definition) is 1. The molecular formula is C12H8Br2FNO. The number of H-pyrrole nitrogens is 1. The first-order valence-electron chi connectivity index (χ1n) is 4.84. The fourth-order valence-electron chi connectivity index (χ4n) is 1.51. The molecule has 5 heteroatoms. The van der Waals surface area contributed by atoms with Crippen molar-refractivity contribution < 1.29 is 9.18 Å². The van der Waals surface area contributed by atoms with Crippen LogP contribution in [0.3, 0.4) is 0 Å². The number of carbonyl (C=O) groups excluding carboxylic acids is 1. The van der Waals surface area contributed by atoms with Gasteiger partial charge in [0.1, 0.15) is 5.82 Å². The first-order valence-corrected chi connectivity index (χ1v) is 6.43. The Morgan fingerprint density at radius 2 is 1.82 bits per heavy atom. The third kappa shape index (κ3) is 2.35. The molecule has 0 atom stereocenters. The van der Waals surface area contributed by atoms with E-state index in [0.29, 0.717) is 11.3 Å². The highest BCUT2D eigenvalue weighted by atomic mass is 79.9. The molecule has 0 radical (unpaired) electrons. The summed E-state index contributed by atoms with van der Waals surface area (Å²) in [5.74, 6) is -0.513. The van der Waals surface area contributed by atoms with Crippen LogP contribution in [-0.2, 0) is 0 Å². The van der Waals surface area contributed by atoms with Gasteiger partial charge in [-0.3, -0.25) is 4.79 Å². The first-order chi connectivity index (χ1) is 8.00. The topological polar surface area (TPSA) is 32.9 Å². The van der Waals surface area contributed by atoms with Gasteiger partial charge in [0, 0.05) is 5.56 Å². The highest BCUT2D eigenvalue weighted by molar-refractivity contribution is 9.13. The fourth-order valence-corrected chi connectivity index (χ4v) is 2.30. The predicted molar refractivity (Wildman–Crippen MR) is 70.8 cm³/mol. The number of halogens is 3. The van der Waals surface area contributed by atoms with Crippen molar-refractivity contribution in [3.8, 4) is 0 Å². The maximum atomic E-state index is 12.8. The predicted octanol–water partition coefficient (Wildman–Crippen LogP) is 4.22. The van der Waals surface area contributed by atoms with Gasteiger partial charge in [0.05, 0.1) is 14.8 Å². The molecule has 0 fully saturated rings. The molecule has 0 saturated carbocycles. The average molecular weight is 361 g/mol. The molecule has 0 aliphatic heterocycles. The van der Waals surface area contributed by atoms with Crippen LogP contribution >= 0.6 is 31.9 Å². The minimum atomic E-state index is -0.355. The van der Waals surface area contributed by atoms with E-state index in [9.17, 15) is 9.18 Å². The lowest BCUT2D eigenvalue weighted by molar-refractivity contribution is 0.103. The standard InChI is InChI=1S/C12H8Br2FNO/c1-6-9(13)12(14)16-10(6)11(17)7-2-4-8(15)5-3-7/h2-5,16H,1H3. The third-order valence-corrected chi connectivity index (χ3v) is 4.58. The molecule has 1 aromatic heterocycles. The second-order valence-corrected chi connectivity index (χ2v) is 5.17. The van der Waals surface area contributed by atoms with Gasteiger partial charge in [-0.2, -0.15) is 0 Å². The SMILES string of the molecule is Cc1c(C(=O)c2ccc(F)cc2)[nH]c(Br)c1Br. The van der Waals surface area contributed by atoms with Crippen molar-refractivity contribution in [2.45, 2.75) is 6.92 Å². The quantitative estimate of drug-likeness (QED) is 0.799. The molecule has 2 rings (SSSR count). The van der Waals surface area contributed by atoms with Crippen molar-refractivity contribution in [1.82, 2.24) is 4.98 Å². The number of aromatic amines is 1. The molecule has 0 amide bonds. The van der Waals surface area contributed by atoms with Gasteiger partial charge < -0.3 is 4.98 Å². The number of ketones is 1. The number of hydrogen-bond acceptors (Lipinski definition) is 1. The Morgan fingerprint density at radius 1 is 1.24 bits per heavy atom. The number of nitrogens with one attached hydrogen (secondary N) is 1. The molecule has 1 N–H and O–H groups in total. The molecular weight excluding hydrogens is 353 g/mol. The minimum Gasteiger partial charge on any atom is -0.345 e. The molecule has 17 heavy (non-hydrogen) atoms. The van der Waals surface area contributed by atoms with Crippen LogP contribution in [0.4, 0.5) is 4.39 Å². The molecule has 88 valence electrons. The summed E-state index contributed by atoms with van der Waals surface area (Å²) in [7, 11) is 0. The molecule has 0 spiro atoms. The fraction of sp³-hybridized carbons (Fsp3) is 0.0833. The van der Waals surface area contributed by atoms with Crippen LogP contribution in [0.5, 0.6) is 0 Å². The van der Waals surface area contributed by atoms with Crippen LogP contribution in [0.15, 0.2) is 33.3 Å². The average Bonchev–Trinajstić information content (AvgIpc) is 2.57. The summed E-state index contributed by atoms with van der Waals surface area (Å²) in [6.45, 7) is 1.84. The number of carbonyl (C=O) groups is 1. The van der Waals surface area contributed by atoms with Gasteiger partial charge in [0.15, 0.2) is 0 Å². The summed E-state index contributed by atoms with van der Waals surface area (Å²) in [6, 6.07) is 5.49. The lowest BCUT2D eigenvalue weighted by atomic mass is 10.1. The molecule has 0 bridgehead atoms. The highest BCUT2D eigenvalue weighted by Crippen LogP contribution is 2.29. The van der Waals surface area contributed by atoms with E-state index in [-0.39, 0.29) is 11.6 Å². The molecule has 1 aromatic carbocycles. The maximum absolute atomic E-state index is 12.8. The van der Waals surface area contributed by atoms with Crippen LogP contribution in [0, 0.1) is 12.7 Å². The van der Waals surface area contributed by atoms with E-state index in [1.54, 1.807) is 0 Å². The zero-order chi connectivity index (χ0) is 12.6. The van der Waals surface area contributed by atoms with Gasteiger partial charge in [0.25, 0.3) is 0 Å². The van der Waals surface area contributed by atoms with Crippen LogP contribution < -0.4 is 0 Å². The summed E-state index contributed by atoms with van der Waals surface area (Å²) in [5.41, 5.74) is 1.78. The van der Waals surface area contributed by atoms with Crippen LogP contribution in [0.25, 0.3) is 0 Å². The van der Waals surface area contributed by atoms with E-state index in [0.717, 1.165) is 14.6 Å². The lowest BCUT2D eigenvalue weighted by Crippen LogP contribution is -2.03. The van der Waals surface area contributed by atoms with Crippen LogP contribution in [0.2, 0.25) is 0 Å². The van der Waals surface area contributed by atoms with E-state index in [1.807, 2.05) is 6.92 Å². The van der Waals surface area contributed by atoms with Crippen molar-refractivity contribution in [1.29, 1.82) is 0 Å². The smallest absolute Gasteiger partial charge is 0.209 e. The molecule has 2 aromatic rings. The number of aromatic nitrogens is 1. The Hall–Kier alpha value is -0.940. The number of benzene rings is 1. The Bertz CT molecular complexity index is 575. The Labute approximate surface area is 114 Å². The summed E-state index contributed by atoms with van der Waals surface area (Å²) < 4.78 is 14.3. The van der Waals surface area contributed by atoms with Crippen LogP contribution in [-0.4, -0.2) is 10.8 Å². The van der Waals surface area contributed by atoms with Crippen molar-refractivity contribution in [2.75, 3.05) is 0 Å².